The van der Waals surface area contributed by atoms with Crippen LogP contribution in [-0.2, 0) is 4.79 Å². The Morgan fingerprint density at radius 2 is 2.13 bits per heavy atom. The molecular weight excluding hydrogens is 330 g/mol. The van der Waals surface area contributed by atoms with E-state index in [1.807, 2.05) is 6.92 Å². The van der Waals surface area contributed by atoms with Crippen LogP contribution in [0.15, 0.2) is 5.03 Å². The third-order valence-electron chi connectivity index (χ3n) is 4.31. The van der Waals surface area contributed by atoms with Crippen molar-refractivity contribution in [3.8, 4) is 0 Å². The number of aromatic nitrogens is 2. The molecule has 124 valence electrons. The van der Waals surface area contributed by atoms with E-state index in [-0.39, 0.29) is 12.5 Å². The van der Waals surface area contributed by atoms with Crippen LogP contribution in [0.2, 0.25) is 0 Å². The Balaban J connectivity index is 1.63. The molecule has 3 rings (SSSR count). The second-order valence-corrected chi connectivity index (χ2v) is 8.24. The van der Waals surface area contributed by atoms with E-state index in [0.717, 1.165) is 27.5 Å². The van der Waals surface area contributed by atoms with E-state index in [1.54, 1.807) is 11.3 Å². The van der Waals surface area contributed by atoms with E-state index in [2.05, 4.69) is 29.1 Å². The van der Waals surface area contributed by atoms with Gasteiger partial charge in [0.2, 0.25) is 5.91 Å². The van der Waals surface area contributed by atoms with E-state index in [4.69, 9.17) is 5.11 Å². The van der Waals surface area contributed by atoms with Crippen molar-refractivity contribution in [2.24, 2.45) is 11.8 Å². The van der Waals surface area contributed by atoms with E-state index < -0.39 is 0 Å². The van der Waals surface area contributed by atoms with Crippen LogP contribution in [0, 0.1) is 32.6 Å². The molecule has 2 N–H and O–H groups in total. The summed E-state index contributed by atoms with van der Waals surface area (Å²) in [4.78, 5) is 23.3. The van der Waals surface area contributed by atoms with Gasteiger partial charge in [-0.1, -0.05) is 11.8 Å². The topological polar surface area (TPSA) is 75.1 Å². The molecule has 0 bridgehead atoms. The number of rotatable bonds is 6. The maximum absolute atomic E-state index is 12.0. The smallest absolute Gasteiger partial charge is 0.230 e. The van der Waals surface area contributed by atoms with Crippen LogP contribution in [0.25, 0.3) is 10.2 Å². The molecule has 7 heteroatoms. The lowest BCUT2D eigenvalue weighted by atomic mass is 10.2. The van der Waals surface area contributed by atoms with Crippen molar-refractivity contribution >= 4 is 39.2 Å². The minimum absolute atomic E-state index is 0.0209. The van der Waals surface area contributed by atoms with Gasteiger partial charge in [-0.3, -0.25) is 4.79 Å². The fourth-order valence-electron chi connectivity index (χ4n) is 2.63. The molecule has 23 heavy (non-hydrogen) atoms. The van der Waals surface area contributed by atoms with Gasteiger partial charge < -0.3 is 10.4 Å². The lowest BCUT2D eigenvalue weighted by molar-refractivity contribution is -0.118. The molecule has 0 aliphatic heterocycles. The zero-order valence-electron chi connectivity index (χ0n) is 13.5. The quantitative estimate of drug-likeness (QED) is 0.618. The third-order valence-corrected chi connectivity index (χ3v) is 6.39. The number of thiophene rings is 1. The molecule has 1 fully saturated rings. The van der Waals surface area contributed by atoms with Gasteiger partial charge in [0, 0.05) is 23.4 Å². The van der Waals surface area contributed by atoms with Crippen LogP contribution < -0.4 is 5.32 Å². The van der Waals surface area contributed by atoms with E-state index in [0.29, 0.717) is 24.1 Å². The van der Waals surface area contributed by atoms with E-state index in [1.165, 1.54) is 22.2 Å². The molecule has 5 nitrogen and oxygen atoms in total. The molecule has 1 amide bonds. The van der Waals surface area contributed by atoms with Gasteiger partial charge in [0.1, 0.15) is 15.7 Å². The van der Waals surface area contributed by atoms with Crippen LogP contribution in [-0.4, -0.2) is 39.9 Å². The zero-order valence-corrected chi connectivity index (χ0v) is 15.2. The highest BCUT2D eigenvalue weighted by atomic mass is 32.2. The number of aliphatic hydroxyl groups excluding tert-OH is 1. The van der Waals surface area contributed by atoms with E-state index in [9.17, 15) is 4.79 Å². The van der Waals surface area contributed by atoms with Gasteiger partial charge in [0.15, 0.2) is 0 Å². The molecule has 2 heterocycles. The van der Waals surface area contributed by atoms with Crippen molar-refractivity contribution in [3.63, 3.8) is 0 Å². The first-order chi connectivity index (χ1) is 11.0. The molecule has 0 saturated heterocycles. The molecule has 0 radical (unpaired) electrons. The predicted molar refractivity (Wildman–Crippen MR) is 94.0 cm³/mol. The molecule has 0 aromatic carbocycles. The average molecular weight is 351 g/mol. The lowest BCUT2D eigenvalue weighted by Gasteiger charge is -2.06. The van der Waals surface area contributed by atoms with Crippen molar-refractivity contribution < 1.29 is 9.90 Å². The average Bonchev–Trinajstić information content (AvgIpc) is 3.22. The molecule has 1 saturated carbocycles. The van der Waals surface area contributed by atoms with Gasteiger partial charge >= 0.3 is 0 Å². The molecule has 0 unspecified atom stereocenters. The van der Waals surface area contributed by atoms with Crippen molar-refractivity contribution in [1.29, 1.82) is 0 Å². The standard InChI is InChI=1S/C16H21N3O2S2/c1-8-9(2)23-16-14(8)15(18-10(3)19-16)22-7-13(21)17-5-11-4-12(11)6-20/h11-12,20H,4-7H2,1-3H3,(H,17,21)/t11-,12-/m0/s1. The molecule has 0 spiro atoms. The molecule has 2 atom stereocenters. The van der Waals surface area contributed by atoms with Crippen molar-refractivity contribution in [2.45, 2.75) is 32.2 Å². The number of fused-ring (bicyclic) bond motifs is 1. The summed E-state index contributed by atoms with van der Waals surface area (Å²) in [5, 5.41) is 13.9. The summed E-state index contributed by atoms with van der Waals surface area (Å²) < 4.78 is 0. The van der Waals surface area contributed by atoms with Crippen LogP contribution in [0.5, 0.6) is 0 Å². The summed E-state index contributed by atoms with van der Waals surface area (Å²) in [6.45, 7) is 6.95. The fourth-order valence-corrected chi connectivity index (χ4v) is 4.73. The second-order valence-electron chi connectivity index (χ2n) is 6.07. The number of nitrogens with zero attached hydrogens (tertiary/aromatic N) is 2. The Morgan fingerprint density at radius 3 is 2.83 bits per heavy atom. The summed E-state index contributed by atoms with van der Waals surface area (Å²) in [7, 11) is 0. The largest absolute Gasteiger partial charge is 0.396 e. The van der Waals surface area contributed by atoms with Crippen molar-refractivity contribution in [3.05, 3.63) is 16.3 Å². The minimum Gasteiger partial charge on any atom is -0.396 e. The maximum Gasteiger partial charge on any atom is 0.230 e. The lowest BCUT2D eigenvalue weighted by Crippen LogP contribution is -2.27. The van der Waals surface area contributed by atoms with Gasteiger partial charge in [0.25, 0.3) is 0 Å². The summed E-state index contributed by atoms with van der Waals surface area (Å²) >= 11 is 3.15. The predicted octanol–water partition coefficient (Wildman–Crippen LogP) is 2.45. The Hall–Kier alpha value is -1.18. The van der Waals surface area contributed by atoms with Gasteiger partial charge in [-0.2, -0.15) is 0 Å². The maximum atomic E-state index is 12.0. The van der Waals surface area contributed by atoms with Gasteiger partial charge in [-0.05, 0) is 44.6 Å². The number of amides is 1. The highest BCUT2D eigenvalue weighted by molar-refractivity contribution is 8.00. The molecule has 1 aliphatic rings. The first kappa shape index (κ1) is 16.7. The van der Waals surface area contributed by atoms with Crippen molar-refractivity contribution in [1.82, 2.24) is 15.3 Å². The highest BCUT2D eigenvalue weighted by Crippen LogP contribution is 2.37. The Bertz CT molecular complexity index is 744. The third kappa shape index (κ3) is 3.67. The highest BCUT2D eigenvalue weighted by Gasteiger charge is 2.36. The van der Waals surface area contributed by atoms with Crippen LogP contribution in [0.4, 0.5) is 0 Å². The monoisotopic (exact) mass is 351 g/mol. The number of hydrogen-bond donors (Lipinski definition) is 2. The molecule has 1 aliphatic carbocycles. The second kappa shape index (κ2) is 6.75. The molecular formula is C16H21N3O2S2. The number of nitrogens with one attached hydrogen (secondary N) is 1. The van der Waals surface area contributed by atoms with Gasteiger partial charge in [-0.15, -0.1) is 11.3 Å². The first-order valence-corrected chi connectivity index (χ1v) is 9.54. The number of thioether (sulfide) groups is 1. The van der Waals surface area contributed by atoms with E-state index >= 15 is 0 Å². The summed E-state index contributed by atoms with van der Waals surface area (Å²) in [5.41, 5.74) is 1.21. The summed E-state index contributed by atoms with van der Waals surface area (Å²) in [6.07, 6.45) is 1.02. The number of aryl methyl sites for hydroxylation is 3. The van der Waals surface area contributed by atoms with Crippen molar-refractivity contribution in [2.75, 3.05) is 18.9 Å². The molecule has 2 aromatic heterocycles. The molecule has 2 aromatic rings. The Kier molecular flexibility index (Phi) is 4.89. The van der Waals surface area contributed by atoms with Gasteiger partial charge in [-0.25, -0.2) is 9.97 Å². The fraction of sp³-hybridized carbons (Fsp3) is 0.562. The normalized spacial score (nSPS) is 20.0. The number of aliphatic hydroxyl groups is 1. The minimum atomic E-state index is 0.0209. The Morgan fingerprint density at radius 1 is 1.35 bits per heavy atom. The number of carbonyl (C=O) groups excluding carboxylic acids is 1. The van der Waals surface area contributed by atoms with Crippen LogP contribution in [0.3, 0.4) is 0 Å². The Labute approximate surface area is 143 Å². The van der Waals surface area contributed by atoms with Crippen LogP contribution >= 0.6 is 23.1 Å². The van der Waals surface area contributed by atoms with Gasteiger partial charge in [0.05, 0.1) is 5.75 Å². The number of hydrogen-bond acceptors (Lipinski definition) is 6. The zero-order chi connectivity index (χ0) is 16.6. The first-order valence-electron chi connectivity index (χ1n) is 7.74. The summed E-state index contributed by atoms with van der Waals surface area (Å²) in [6, 6.07) is 0. The van der Waals surface area contributed by atoms with Crippen LogP contribution in [0.1, 0.15) is 22.7 Å². The number of carbonyl (C=O) groups is 1. The summed E-state index contributed by atoms with van der Waals surface area (Å²) in [5.74, 6) is 1.95. The SMILES string of the molecule is Cc1nc(SCC(=O)NC[C@@H]2C[C@H]2CO)c2c(C)c(C)sc2n1.